The van der Waals surface area contributed by atoms with Crippen LogP contribution in [0.3, 0.4) is 0 Å². The van der Waals surface area contributed by atoms with E-state index in [1.54, 1.807) is 12.1 Å². The Labute approximate surface area is 168 Å². The average molecular weight is 403 g/mol. The van der Waals surface area contributed by atoms with Gasteiger partial charge in [0.25, 0.3) is 0 Å². The summed E-state index contributed by atoms with van der Waals surface area (Å²) in [6.45, 7) is 5.41. The summed E-state index contributed by atoms with van der Waals surface area (Å²) in [5.74, 6) is 0.0730. The first kappa shape index (κ1) is 20.1. The normalized spacial score (nSPS) is 12.8. The second-order valence-electron chi connectivity index (χ2n) is 7.40. The molecule has 3 aromatic rings. The molecule has 1 aromatic carbocycles. The number of fused-ring (bicyclic) bond motifs is 1. The molecule has 3 N–H and O–H groups in total. The van der Waals surface area contributed by atoms with Crippen molar-refractivity contribution in [3.05, 3.63) is 52.9 Å². The molecule has 1 unspecified atom stereocenters. The Kier molecular flexibility index (Phi) is 5.86. The molecule has 28 heavy (non-hydrogen) atoms. The van der Waals surface area contributed by atoms with Gasteiger partial charge in [0, 0.05) is 11.6 Å². The van der Waals surface area contributed by atoms with Gasteiger partial charge in [0.2, 0.25) is 0 Å². The Morgan fingerprint density at radius 2 is 2.07 bits per heavy atom. The van der Waals surface area contributed by atoms with E-state index < -0.39 is 11.6 Å². The van der Waals surface area contributed by atoms with Crippen LogP contribution in [-0.2, 0) is 4.74 Å². The lowest BCUT2D eigenvalue weighted by Gasteiger charge is -2.20. The van der Waals surface area contributed by atoms with Crippen molar-refractivity contribution in [2.24, 2.45) is 0 Å². The monoisotopic (exact) mass is 402 g/mol. The first-order valence-corrected chi connectivity index (χ1v) is 9.35. The summed E-state index contributed by atoms with van der Waals surface area (Å²) in [4.78, 5) is 23.8. The van der Waals surface area contributed by atoms with E-state index in [0.29, 0.717) is 34.0 Å². The van der Waals surface area contributed by atoms with E-state index in [1.807, 2.05) is 39.0 Å². The molecule has 1 atom stereocenters. The van der Waals surface area contributed by atoms with Gasteiger partial charge >= 0.3 is 5.97 Å². The minimum Gasteiger partial charge on any atom is -0.455 e. The summed E-state index contributed by atoms with van der Waals surface area (Å²) in [6.07, 6.45) is 1.85. The number of benzene rings is 1. The highest BCUT2D eigenvalue weighted by molar-refractivity contribution is 6.31. The van der Waals surface area contributed by atoms with Gasteiger partial charge in [-0.15, -0.1) is 0 Å². The van der Waals surface area contributed by atoms with Crippen molar-refractivity contribution in [1.29, 1.82) is 0 Å². The summed E-state index contributed by atoms with van der Waals surface area (Å²) in [7, 11) is 0. The van der Waals surface area contributed by atoms with Gasteiger partial charge in [-0.05, 0) is 44.9 Å². The number of anilines is 1. The number of aromatic amines is 1. The zero-order valence-corrected chi connectivity index (χ0v) is 16.7. The molecule has 0 bridgehead atoms. The summed E-state index contributed by atoms with van der Waals surface area (Å²) in [6, 6.07) is 8.85. The van der Waals surface area contributed by atoms with E-state index >= 15 is 0 Å². The molecular weight excluding hydrogens is 380 g/mol. The number of carbonyl (C=O) groups excluding carboxylic acids is 1. The molecule has 0 aliphatic carbocycles. The van der Waals surface area contributed by atoms with Crippen LogP contribution in [0.4, 0.5) is 5.82 Å². The minimum atomic E-state index is -0.600. The number of hydrogen-bond donors (Lipinski definition) is 3. The van der Waals surface area contributed by atoms with Crippen molar-refractivity contribution in [2.75, 3.05) is 11.9 Å². The van der Waals surface area contributed by atoms with E-state index in [1.165, 1.54) is 6.33 Å². The molecule has 7 nitrogen and oxygen atoms in total. The zero-order valence-electron chi connectivity index (χ0n) is 16.0. The number of nitrogens with zero attached hydrogens (tertiary/aromatic N) is 2. The first-order valence-electron chi connectivity index (χ1n) is 8.97. The predicted octanol–water partition coefficient (Wildman–Crippen LogP) is 4.10. The number of aliphatic hydroxyl groups is 1. The van der Waals surface area contributed by atoms with Crippen molar-refractivity contribution in [3.63, 3.8) is 0 Å². The number of aromatic nitrogens is 3. The molecule has 8 heteroatoms. The summed E-state index contributed by atoms with van der Waals surface area (Å²) >= 11 is 6.32. The van der Waals surface area contributed by atoms with Gasteiger partial charge in [-0.3, -0.25) is 0 Å². The number of aliphatic hydroxyl groups excluding tert-OH is 1. The second kappa shape index (κ2) is 8.16. The molecule has 0 amide bonds. The quantitative estimate of drug-likeness (QED) is 0.536. The van der Waals surface area contributed by atoms with Gasteiger partial charge in [0.15, 0.2) is 0 Å². The van der Waals surface area contributed by atoms with Crippen LogP contribution in [0, 0.1) is 0 Å². The van der Waals surface area contributed by atoms with E-state index in [-0.39, 0.29) is 12.6 Å². The number of hydrogen-bond acceptors (Lipinski definition) is 6. The smallest absolute Gasteiger partial charge is 0.355 e. The van der Waals surface area contributed by atoms with Crippen molar-refractivity contribution >= 4 is 34.4 Å². The molecule has 3 rings (SSSR count). The lowest BCUT2D eigenvalue weighted by Crippen LogP contribution is -2.24. The number of nitrogens with one attached hydrogen (secondary N) is 2. The Bertz CT molecular complexity index is 981. The molecule has 0 radical (unpaired) electrons. The van der Waals surface area contributed by atoms with Gasteiger partial charge in [0.05, 0.1) is 11.4 Å². The number of H-pyrrole nitrogens is 1. The maximum atomic E-state index is 12.4. The summed E-state index contributed by atoms with van der Waals surface area (Å²) in [5, 5.41) is 14.0. The maximum Gasteiger partial charge on any atom is 0.355 e. The minimum absolute atomic E-state index is 0.0204. The van der Waals surface area contributed by atoms with Crippen LogP contribution in [0.1, 0.15) is 49.3 Å². The fourth-order valence-corrected chi connectivity index (χ4v) is 3.12. The lowest BCUT2D eigenvalue weighted by atomic mass is 10.0. The van der Waals surface area contributed by atoms with Crippen molar-refractivity contribution < 1.29 is 14.6 Å². The number of carbonyl (C=O) groups is 1. The Hall–Kier alpha value is -2.64. The molecule has 0 saturated heterocycles. The highest BCUT2D eigenvalue weighted by Crippen LogP contribution is 2.30. The largest absolute Gasteiger partial charge is 0.455 e. The number of rotatable bonds is 6. The number of esters is 1. The third kappa shape index (κ3) is 4.61. The molecule has 148 valence electrons. The molecule has 2 heterocycles. The number of ether oxygens (including phenoxy) is 1. The SMILES string of the molecule is CC(C)(C)OC(=O)c1cc2c(NC(CCO)c3ccccc3Cl)ncnc2[nH]1. The third-order valence-corrected chi connectivity index (χ3v) is 4.40. The van der Waals surface area contributed by atoms with Crippen LogP contribution in [0.25, 0.3) is 11.0 Å². The molecule has 0 aliphatic rings. The van der Waals surface area contributed by atoms with Crippen LogP contribution in [0.5, 0.6) is 0 Å². The molecule has 0 fully saturated rings. The molecule has 0 saturated carbocycles. The first-order chi connectivity index (χ1) is 13.3. The predicted molar refractivity (Wildman–Crippen MR) is 109 cm³/mol. The average Bonchev–Trinajstić information content (AvgIpc) is 3.06. The summed E-state index contributed by atoms with van der Waals surface area (Å²) < 4.78 is 5.41. The van der Waals surface area contributed by atoms with Gasteiger partial charge < -0.3 is 20.1 Å². The molecule has 2 aromatic heterocycles. The highest BCUT2D eigenvalue weighted by Gasteiger charge is 2.22. The fourth-order valence-electron chi connectivity index (χ4n) is 2.86. The Morgan fingerprint density at radius 1 is 1.32 bits per heavy atom. The second-order valence-corrected chi connectivity index (χ2v) is 7.81. The molecule has 0 spiro atoms. The zero-order chi connectivity index (χ0) is 20.3. The van der Waals surface area contributed by atoms with Gasteiger partial charge in [-0.2, -0.15) is 0 Å². The van der Waals surface area contributed by atoms with E-state index in [9.17, 15) is 9.90 Å². The Balaban J connectivity index is 1.94. The third-order valence-electron chi connectivity index (χ3n) is 4.05. The van der Waals surface area contributed by atoms with Crippen molar-refractivity contribution in [2.45, 2.75) is 38.8 Å². The van der Waals surface area contributed by atoms with Gasteiger partial charge in [-0.1, -0.05) is 29.8 Å². The van der Waals surface area contributed by atoms with Crippen molar-refractivity contribution in [3.8, 4) is 0 Å². The summed E-state index contributed by atoms with van der Waals surface area (Å²) in [5.41, 5.74) is 1.07. The number of halogens is 1. The van der Waals surface area contributed by atoms with Gasteiger partial charge in [-0.25, -0.2) is 14.8 Å². The van der Waals surface area contributed by atoms with E-state index in [0.717, 1.165) is 5.56 Å². The van der Waals surface area contributed by atoms with Crippen LogP contribution in [-0.4, -0.2) is 38.2 Å². The van der Waals surface area contributed by atoms with Crippen LogP contribution in [0.2, 0.25) is 5.02 Å². The van der Waals surface area contributed by atoms with Gasteiger partial charge in [0.1, 0.15) is 29.1 Å². The van der Waals surface area contributed by atoms with Crippen molar-refractivity contribution in [1.82, 2.24) is 15.0 Å². The fraction of sp³-hybridized carbons (Fsp3) is 0.350. The highest BCUT2D eigenvalue weighted by atomic mass is 35.5. The molecular formula is C20H23ClN4O3. The standard InChI is InChI=1S/C20H23ClN4O3/c1-20(2,3)28-19(27)16-10-13-17(22-11-23-18(13)25-16)24-15(8-9-26)12-6-4-5-7-14(12)21/h4-7,10-11,15,26H,8-9H2,1-3H3,(H2,22,23,24,25). The topological polar surface area (TPSA) is 100 Å². The molecule has 0 aliphatic heterocycles. The van der Waals surface area contributed by atoms with Crippen LogP contribution in [0.15, 0.2) is 36.7 Å². The maximum absolute atomic E-state index is 12.4. The van der Waals surface area contributed by atoms with E-state index in [4.69, 9.17) is 16.3 Å². The van der Waals surface area contributed by atoms with E-state index in [2.05, 4.69) is 20.3 Å². The Morgan fingerprint density at radius 3 is 2.75 bits per heavy atom. The lowest BCUT2D eigenvalue weighted by molar-refractivity contribution is 0.00638. The van der Waals surface area contributed by atoms with Crippen LogP contribution >= 0.6 is 11.6 Å². The van der Waals surface area contributed by atoms with Crippen LogP contribution < -0.4 is 5.32 Å².